The van der Waals surface area contributed by atoms with Gasteiger partial charge in [-0.15, -0.1) is 0 Å². The number of nitrogens with zero attached hydrogens (tertiary/aromatic N) is 2. The third-order valence-corrected chi connectivity index (χ3v) is 3.83. The van der Waals surface area contributed by atoms with Crippen LogP contribution in [0, 0.1) is 13.8 Å². The van der Waals surface area contributed by atoms with Crippen molar-refractivity contribution in [1.82, 2.24) is 10.3 Å². The summed E-state index contributed by atoms with van der Waals surface area (Å²) < 4.78 is 5.16. The summed E-state index contributed by atoms with van der Waals surface area (Å²) in [5, 5.41) is 3.91. The van der Waals surface area contributed by atoms with Crippen LogP contribution in [0.3, 0.4) is 0 Å². The fourth-order valence-corrected chi connectivity index (χ4v) is 2.17. The van der Waals surface area contributed by atoms with Crippen LogP contribution in [0.1, 0.15) is 22.3 Å². The Kier molecular flexibility index (Phi) is 6.91. The number of amides is 2. The first kappa shape index (κ1) is 19.2. The minimum atomic E-state index is -0.567. The van der Waals surface area contributed by atoms with Crippen molar-refractivity contribution < 1.29 is 14.3 Å². The molecule has 26 heavy (non-hydrogen) atoms. The maximum atomic E-state index is 11.9. The van der Waals surface area contributed by atoms with Gasteiger partial charge in [0.1, 0.15) is 13.2 Å². The molecule has 0 aromatic heterocycles. The molecule has 2 rings (SSSR count). The average Bonchev–Trinajstić information content (AvgIpc) is 2.63. The van der Waals surface area contributed by atoms with Gasteiger partial charge < -0.3 is 9.64 Å². The topological polar surface area (TPSA) is 71.0 Å². The van der Waals surface area contributed by atoms with Crippen molar-refractivity contribution in [2.75, 3.05) is 13.6 Å². The molecule has 0 saturated carbocycles. The molecule has 0 radical (unpaired) electrons. The van der Waals surface area contributed by atoms with Gasteiger partial charge in [-0.05, 0) is 36.1 Å². The van der Waals surface area contributed by atoms with Crippen LogP contribution in [0.5, 0.6) is 0 Å². The van der Waals surface area contributed by atoms with Crippen LogP contribution in [0.25, 0.3) is 0 Å². The summed E-state index contributed by atoms with van der Waals surface area (Å²) in [7, 11) is 1.50. The largest absolute Gasteiger partial charge is 0.445 e. The van der Waals surface area contributed by atoms with E-state index in [-0.39, 0.29) is 13.2 Å². The third-order valence-electron chi connectivity index (χ3n) is 3.83. The Hall–Kier alpha value is -3.15. The highest BCUT2D eigenvalue weighted by Crippen LogP contribution is 2.07. The van der Waals surface area contributed by atoms with Crippen molar-refractivity contribution in [2.24, 2.45) is 5.10 Å². The highest BCUT2D eigenvalue weighted by molar-refractivity contribution is 5.85. The van der Waals surface area contributed by atoms with E-state index in [1.807, 2.05) is 62.4 Å². The van der Waals surface area contributed by atoms with E-state index >= 15 is 0 Å². The summed E-state index contributed by atoms with van der Waals surface area (Å²) in [6, 6.07) is 15.3. The Morgan fingerprint density at radius 3 is 2.54 bits per heavy atom. The standard InChI is InChI=1S/C20H23N3O3/c1-15-9-10-18(11-16(15)2)12-21-22-19(24)13-23(3)20(25)26-14-17-7-5-4-6-8-17/h4-12H,13-14H2,1-3H3,(H,22,24). The zero-order valence-electron chi connectivity index (χ0n) is 15.2. The first-order chi connectivity index (χ1) is 12.5. The van der Waals surface area contributed by atoms with Crippen LogP contribution in [-0.4, -0.2) is 36.7 Å². The summed E-state index contributed by atoms with van der Waals surface area (Å²) in [6.07, 6.45) is 1.00. The van der Waals surface area contributed by atoms with Gasteiger partial charge in [0.05, 0.1) is 6.21 Å². The average molecular weight is 353 g/mol. The molecule has 2 aromatic carbocycles. The normalized spacial score (nSPS) is 10.6. The van der Waals surface area contributed by atoms with Gasteiger partial charge in [-0.1, -0.05) is 48.5 Å². The molecule has 2 amide bonds. The number of likely N-dealkylation sites (N-methyl/N-ethyl adjacent to an activating group) is 1. The van der Waals surface area contributed by atoms with Crippen molar-refractivity contribution in [2.45, 2.75) is 20.5 Å². The van der Waals surface area contributed by atoms with Gasteiger partial charge in [0, 0.05) is 7.05 Å². The quantitative estimate of drug-likeness (QED) is 0.641. The summed E-state index contributed by atoms with van der Waals surface area (Å²) in [5.41, 5.74) is 6.53. The van der Waals surface area contributed by atoms with Crippen LogP contribution in [0.2, 0.25) is 0 Å². The number of hydrazone groups is 1. The fraction of sp³-hybridized carbons (Fsp3) is 0.250. The zero-order valence-corrected chi connectivity index (χ0v) is 15.2. The Morgan fingerprint density at radius 2 is 1.85 bits per heavy atom. The first-order valence-electron chi connectivity index (χ1n) is 8.26. The fourth-order valence-electron chi connectivity index (χ4n) is 2.17. The number of hydrogen-bond acceptors (Lipinski definition) is 4. The maximum Gasteiger partial charge on any atom is 0.410 e. The van der Waals surface area contributed by atoms with Gasteiger partial charge in [0.25, 0.3) is 5.91 Å². The molecule has 0 aliphatic rings. The molecule has 0 heterocycles. The van der Waals surface area contributed by atoms with E-state index < -0.39 is 12.0 Å². The lowest BCUT2D eigenvalue weighted by atomic mass is 10.1. The van der Waals surface area contributed by atoms with Crippen LogP contribution in [0.4, 0.5) is 4.79 Å². The van der Waals surface area contributed by atoms with Gasteiger partial charge in [0.15, 0.2) is 0 Å². The Bertz CT molecular complexity index is 788. The molecule has 0 saturated heterocycles. The summed E-state index contributed by atoms with van der Waals surface area (Å²) in [5.74, 6) is -0.399. The second-order valence-electron chi connectivity index (χ2n) is 6.03. The molecule has 0 unspecified atom stereocenters. The van der Waals surface area contributed by atoms with Gasteiger partial charge >= 0.3 is 6.09 Å². The Labute approximate surface area is 153 Å². The second kappa shape index (κ2) is 9.36. The lowest BCUT2D eigenvalue weighted by molar-refractivity contribution is -0.121. The predicted octanol–water partition coefficient (Wildman–Crippen LogP) is 3.02. The maximum absolute atomic E-state index is 11.9. The van der Waals surface area contributed by atoms with Crippen LogP contribution in [0.15, 0.2) is 53.6 Å². The Balaban J connectivity index is 1.76. The zero-order chi connectivity index (χ0) is 18.9. The molecule has 0 aliphatic heterocycles. The van der Waals surface area contributed by atoms with Crippen LogP contribution >= 0.6 is 0 Å². The minimum absolute atomic E-state index is 0.141. The van der Waals surface area contributed by atoms with E-state index in [1.165, 1.54) is 17.5 Å². The van der Waals surface area contributed by atoms with E-state index in [9.17, 15) is 9.59 Å². The van der Waals surface area contributed by atoms with Gasteiger partial charge in [-0.3, -0.25) is 4.79 Å². The molecule has 136 valence electrons. The van der Waals surface area contributed by atoms with Crippen molar-refractivity contribution in [3.63, 3.8) is 0 Å². The lowest BCUT2D eigenvalue weighted by Crippen LogP contribution is -2.36. The number of carbonyl (C=O) groups excluding carboxylic acids is 2. The number of nitrogens with one attached hydrogen (secondary N) is 1. The van der Waals surface area contributed by atoms with Gasteiger partial charge in [0.2, 0.25) is 0 Å². The molecular weight excluding hydrogens is 330 g/mol. The van der Waals surface area contributed by atoms with Crippen molar-refractivity contribution >= 4 is 18.2 Å². The lowest BCUT2D eigenvalue weighted by Gasteiger charge is -2.15. The summed E-state index contributed by atoms with van der Waals surface area (Å²) >= 11 is 0. The molecule has 6 heteroatoms. The molecular formula is C20H23N3O3. The highest BCUT2D eigenvalue weighted by Gasteiger charge is 2.13. The number of ether oxygens (including phenoxy) is 1. The van der Waals surface area contributed by atoms with E-state index in [0.29, 0.717) is 0 Å². The van der Waals surface area contributed by atoms with E-state index in [4.69, 9.17) is 4.74 Å². The number of hydrogen-bond donors (Lipinski definition) is 1. The highest BCUT2D eigenvalue weighted by atomic mass is 16.6. The smallest absolute Gasteiger partial charge is 0.410 e. The van der Waals surface area contributed by atoms with Gasteiger partial charge in [-0.25, -0.2) is 10.2 Å². The van der Waals surface area contributed by atoms with E-state index in [0.717, 1.165) is 16.7 Å². The monoisotopic (exact) mass is 353 g/mol. The van der Waals surface area contributed by atoms with Crippen LogP contribution < -0.4 is 5.43 Å². The molecule has 2 aromatic rings. The number of benzene rings is 2. The molecule has 0 aliphatic carbocycles. The van der Waals surface area contributed by atoms with Crippen LogP contribution in [-0.2, 0) is 16.1 Å². The number of aryl methyl sites for hydroxylation is 2. The Morgan fingerprint density at radius 1 is 1.12 bits per heavy atom. The second-order valence-corrected chi connectivity index (χ2v) is 6.03. The minimum Gasteiger partial charge on any atom is -0.445 e. The number of carbonyl (C=O) groups is 2. The van der Waals surface area contributed by atoms with Crippen molar-refractivity contribution in [3.05, 3.63) is 70.8 Å². The van der Waals surface area contributed by atoms with E-state index in [1.54, 1.807) is 6.21 Å². The first-order valence-corrected chi connectivity index (χ1v) is 8.26. The third kappa shape index (κ3) is 6.05. The van der Waals surface area contributed by atoms with Crippen molar-refractivity contribution in [1.29, 1.82) is 0 Å². The molecule has 0 atom stereocenters. The molecule has 0 spiro atoms. The molecule has 6 nitrogen and oxygen atoms in total. The SMILES string of the molecule is Cc1ccc(C=NNC(=O)CN(C)C(=O)OCc2ccccc2)cc1C. The summed E-state index contributed by atoms with van der Waals surface area (Å²) in [4.78, 5) is 25.0. The predicted molar refractivity (Wildman–Crippen MR) is 101 cm³/mol. The number of rotatable bonds is 6. The molecule has 0 bridgehead atoms. The molecule has 1 N–H and O–H groups in total. The molecule has 0 fully saturated rings. The van der Waals surface area contributed by atoms with Gasteiger partial charge in [-0.2, -0.15) is 5.10 Å². The van der Waals surface area contributed by atoms with Crippen molar-refractivity contribution in [3.8, 4) is 0 Å². The van der Waals surface area contributed by atoms with E-state index in [2.05, 4.69) is 10.5 Å². The summed E-state index contributed by atoms with van der Waals surface area (Å²) in [6.45, 7) is 4.07.